The first-order valence-corrected chi connectivity index (χ1v) is 7.47. The summed E-state index contributed by atoms with van der Waals surface area (Å²) in [7, 11) is 0. The summed E-state index contributed by atoms with van der Waals surface area (Å²) in [5.74, 6) is 0.149. The van der Waals surface area contributed by atoms with Gasteiger partial charge in [-0.15, -0.1) is 0 Å². The maximum absolute atomic E-state index is 11.9. The number of hydrogen-bond acceptors (Lipinski definition) is 3. The molecule has 0 spiro atoms. The molecule has 1 aliphatic heterocycles. The summed E-state index contributed by atoms with van der Waals surface area (Å²) in [6, 6.07) is 0.155. The van der Waals surface area contributed by atoms with E-state index in [1.807, 2.05) is 27.7 Å². The summed E-state index contributed by atoms with van der Waals surface area (Å²) in [5, 5.41) is 14.8. The van der Waals surface area contributed by atoms with Crippen LogP contribution in [0.2, 0.25) is 0 Å². The monoisotopic (exact) mass is 270 g/mol. The maximum atomic E-state index is 11.9. The van der Waals surface area contributed by atoms with Crippen molar-refractivity contribution in [3.05, 3.63) is 0 Å². The first kappa shape index (κ1) is 16.4. The Balaban J connectivity index is 2.53. The predicted molar refractivity (Wildman–Crippen MR) is 77.1 cm³/mol. The molecule has 1 aliphatic rings. The number of piperidine rings is 1. The molecular formula is C15H30N2O2. The van der Waals surface area contributed by atoms with Crippen LogP contribution in [0.4, 0.5) is 0 Å². The molecule has 19 heavy (non-hydrogen) atoms. The lowest BCUT2D eigenvalue weighted by Crippen LogP contribution is -2.62. The first-order valence-electron chi connectivity index (χ1n) is 7.47. The number of hydrogen-bond donors (Lipinski definition) is 2. The van der Waals surface area contributed by atoms with E-state index < -0.39 is 0 Å². The second-order valence-electron chi connectivity index (χ2n) is 7.07. The van der Waals surface area contributed by atoms with E-state index in [2.05, 4.69) is 12.2 Å². The Bertz CT molecular complexity index is 295. The molecule has 2 N–H and O–H groups in total. The second kappa shape index (κ2) is 6.23. The van der Waals surface area contributed by atoms with E-state index in [0.717, 1.165) is 32.1 Å². The molecule has 0 aromatic carbocycles. The molecule has 0 saturated carbocycles. The van der Waals surface area contributed by atoms with Crippen LogP contribution in [0.5, 0.6) is 0 Å². The zero-order valence-electron chi connectivity index (χ0n) is 13.1. The Labute approximate surface area is 117 Å². The minimum atomic E-state index is -0.302. The first-order chi connectivity index (χ1) is 8.69. The highest BCUT2D eigenvalue weighted by Crippen LogP contribution is 2.36. The molecule has 1 saturated heterocycles. The summed E-state index contributed by atoms with van der Waals surface area (Å²) >= 11 is 0. The molecule has 112 valence electrons. The van der Waals surface area contributed by atoms with Gasteiger partial charge in [-0.1, -0.05) is 19.8 Å². The highest BCUT2D eigenvalue weighted by atomic mass is 16.5. The van der Waals surface area contributed by atoms with Crippen LogP contribution in [-0.4, -0.2) is 33.3 Å². The lowest BCUT2D eigenvalue weighted by Gasteiger charge is -2.51. The quantitative estimate of drug-likeness (QED) is 0.755. The largest absolute Gasteiger partial charge is 0.353 e. The van der Waals surface area contributed by atoms with Crippen molar-refractivity contribution in [2.45, 2.75) is 90.3 Å². The fraction of sp³-hybridized carbons (Fsp3) is 0.933. The van der Waals surface area contributed by atoms with Crippen LogP contribution in [0.15, 0.2) is 0 Å². The van der Waals surface area contributed by atoms with Gasteiger partial charge in [-0.2, -0.15) is 5.06 Å². The fourth-order valence-corrected chi connectivity index (χ4v) is 3.21. The van der Waals surface area contributed by atoms with Gasteiger partial charge >= 0.3 is 0 Å². The van der Waals surface area contributed by atoms with E-state index in [9.17, 15) is 10.0 Å². The van der Waals surface area contributed by atoms with E-state index in [4.69, 9.17) is 0 Å². The van der Waals surface area contributed by atoms with Crippen LogP contribution in [0, 0.1) is 0 Å². The molecule has 0 atom stereocenters. The second-order valence-corrected chi connectivity index (χ2v) is 7.07. The number of hydroxylamine groups is 2. The predicted octanol–water partition coefficient (Wildman–Crippen LogP) is 3.09. The van der Waals surface area contributed by atoms with Gasteiger partial charge < -0.3 is 10.5 Å². The molecule has 0 aliphatic carbocycles. The van der Waals surface area contributed by atoms with Gasteiger partial charge in [0.25, 0.3) is 0 Å². The number of unbranched alkanes of at least 4 members (excludes halogenated alkanes) is 2. The molecule has 4 heteroatoms. The molecule has 0 unspecified atom stereocenters. The summed E-state index contributed by atoms with van der Waals surface area (Å²) in [4.78, 5) is 11.9. The Hall–Kier alpha value is -0.610. The Morgan fingerprint density at radius 2 is 1.74 bits per heavy atom. The molecule has 0 aromatic heterocycles. The van der Waals surface area contributed by atoms with E-state index >= 15 is 0 Å². The van der Waals surface area contributed by atoms with Crippen molar-refractivity contribution >= 4 is 5.91 Å². The van der Waals surface area contributed by atoms with Gasteiger partial charge in [0.2, 0.25) is 5.91 Å². The molecule has 1 heterocycles. The zero-order valence-corrected chi connectivity index (χ0v) is 13.1. The van der Waals surface area contributed by atoms with Gasteiger partial charge in [-0.05, 0) is 47.0 Å². The van der Waals surface area contributed by atoms with Crippen molar-refractivity contribution in [3.8, 4) is 0 Å². The normalized spacial score (nSPS) is 23.3. The van der Waals surface area contributed by atoms with Crippen molar-refractivity contribution < 1.29 is 10.0 Å². The highest BCUT2D eigenvalue weighted by Gasteiger charge is 2.45. The van der Waals surface area contributed by atoms with Crippen molar-refractivity contribution in [2.24, 2.45) is 0 Å². The average molecular weight is 270 g/mol. The van der Waals surface area contributed by atoms with E-state index in [1.165, 1.54) is 5.06 Å². The molecule has 1 fully saturated rings. The van der Waals surface area contributed by atoms with Crippen LogP contribution < -0.4 is 5.32 Å². The van der Waals surface area contributed by atoms with Gasteiger partial charge in [-0.3, -0.25) is 4.79 Å². The van der Waals surface area contributed by atoms with Crippen LogP contribution in [0.1, 0.15) is 73.1 Å². The van der Waals surface area contributed by atoms with Crippen molar-refractivity contribution in [1.29, 1.82) is 0 Å². The Morgan fingerprint density at radius 3 is 2.21 bits per heavy atom. The van der Waals surface area contributed by atoms with Gasteiger partial charge in [0.1, 0.15) is 0 Å². The third kappa shape index (κ3) is 4.46. The summed E-state index contributed by atoms with van der Waals surface area (Å²) in [6.07, 6.45) is 5.40. The van der Waals surface area contributed by atoms with Crippen molar-refractivity contribution in [3.63, 3.8) is 0 Å². The smallest absolute Gasteiger partial charge is 0.220 e. The highest BCUT2D eigenvalue weighted by molar-refractivity contribution is 5.76. The van der Waals surface area contributed by atoms with E-state index in [1.54, 1.807) is 0 Å². The third-order valence-electron chi connectivity index (χ3n) is 4.01. The van der Waals surface area contributed by atoms with Crippen molar-refractivity contribution in [1.82, 2.24) is 10.4 Å². The molecular weight excluding hydrogens is 240 g/mol. The summed E-state index contributed by atoms with van der Waals surface area (Å²) < 4.78 is 0. The molecule has 4 nitrogen and oxygen atoms in total. The zero-order chi connectivity index (χ0) is 14.7. The molecule has 0 radical (unpaired) electrons. The lowest BCUT2D eigenvalue weighted by molar-refractivity contribution is -0.246. The minimum Gasteiger partial charge on any atom is -0.353 e. The maximum Gasteiger partial charge on any atom is 0.220 e. The fourth-order valence-electron chi connectivity index (χ4n) is 3.21. The minimum absolute atomic E-state index is 0.149. The van der Waals surface area contributed by atoms with Crippen LogP contribution in [-0.2, 0) is 4.79 Å². The molecule has 1 rings (SSSR count). The Morgan fingerprint density at radius 1 is 1.21 bits per heavy atom. The number of nitrogens with zero attached hydrogens (tertiary/aromatic N) is 1. The van der Waals surface area contributed by atoms with Gasteiger partial charge in [0.15, 0.2) is 0 Å². The Kier molecular flexibility index (Phi) is 5.39. The molecule has 0 bridgehead atoms. The lowest BCUT2D eigenvalue weighted by atomic mass is 9.79. The molecule has 0 aromatic rings. The van der Waals surface area contributed by atoms with Crippen LogP contribution in [0.3, 0.4) is 0 Å². The SMILES string of the molecule is CCCCCC(=O)NC1CC(C)(C)N(O)C(C)(C)C1. The van der Waals surface area contributed by atoms with Gasteiger partial charge in [-0.25, -0.2) is 0 Å². The number of amides is 1. The third-order valence-corrected chi connectivity index (χ3v) is 4.01. The van der Waals surface area contributed by atoms with E-state index in [-0.39, 0.29) is 23.0 Å². The summed E-state index contributed by atoms with van der Waals surface area (Å²) in [5.41, 5.74) is -0.605. The van der Waals surface area contributed by atoms with E-state index in [0.29, 0.717) is 6.42 Å². The number of carbonyl (C=O) groups is 1. The van der Waals surface area contributed by atoms with Crippen LogP contribution in [0.25, 0.3) is 0 Å². The summed E-state index contributed by atoms with van der Waals surface area (Å²) in [6.45, 7) is 10.2. The topological polar surface area (TPSA) is 52.6 Å². The number of rotatable bonds is 5. The number of carbonyl (C=O) groups excluding carboxylic acids is 1. The standard InChI is InChI=1S/C15H30N2O2/c1-6-7-8-9-13(18)16-12-10-14(2,3)17(19)15(4,5)11-12/h12,19H,6-11H2,1-5H3,(H,16,18). The van der Waals surface area contributed by atoms with Gasteiger partial charge in [0.05, 0.1) is 0 Å². The van der Waals surface area contributed by atoms with Gasteiger partial charge in [0, 0.05) is 23.5 Å². The average Bonchev–Trinajstić information content (AvgIpc) is 2.25. The molecule has 1 amide bonds. The van der Waals surface area contributed by atoms with Crippen molar-refractivity contribution in [2.75, 3.05) is 0 Å². The van der Waals surface area contributed by atoms with Crippen LogP contribution >= 0.6 is 0 Å². The number of nitrogens with one attached hydrogen (secondary N) is 1.